The topological polar surface area (TPSA) is 12.5 Å². The molecule has 58 valence electrons. The van der Waals surface area contributed by atoms with Gasteiger partial charge in [-0.05, 0) is 27.7 Å². The molecule has 0 aromatic heterocycles. The normalized spacial score (nSPS) is 25.3. The zero-order chi connectivity index (χ0) is 5.71. The maximum Gasteiger partial charge on any atom is 0.0918 e. The highest BCUT2D eigenvalue weighted by atomic mass is 16.6. The van der Waals surface area contributed by atoms with Gasteiger partial charge < -0.3 is 4.74 Å². The maximum absolute atomic E-state index is 5.29. The smallest absolute Gasteiger partial charge is 0.0918 e. The van der Waals surface area contributed by atoms with E-state index in [9.17, 15) is 0 Å². The van der Waals surface area contributed by atoms with Crippen LogP contribution in [0.2, 0.25) is 0 Å². The first-order chi connectivity index (χ1) is 2.96. The van der Waals surface area contributed by atoms with Crippen LogP contribution in [0.1, 0.15) is 42.5 Å². The third-order valence-electron chi connectivity index (χ3n) is 1.92. The van der Waals surface area contributed by atoms with Gasteiger partial charge in [-0.1, -0.05) is 14.9 Å². The van der Waals surface area contributed by atoms with Crippen LogP contribution in [0, 0.1) is 0 Å². The summed E-state index contributed by atoms with van der Waals surface area (Å²) in [6.45, 7) is 8.42. The third kappa shape index (κ3) is 1.68. The molecule has 0 amide bonds. The Morgan fingerprint density at radius 3 is 0.889 bits per heavy atom. The summed E-state index contributed by atoms with van der Waals surface area (Å²) in [5.41, 5.74) is 0.292. The highest BCUT2D eigenvalue weighted by molar-refractivity contribution is 5.03. The molecule has 0 spiro atoms. The van der Waals surface area contributed by atoms with Crippen molar-refractivity contribution in [1.82, 2.24) is 0 Å². The molecule has 9 heavy (non-hydrogen) atoms. The van der Waals surface area contributed by atoms with Crippen molar-refractivity contribution in [3.8, 4) is 0 Å². The van der Waals surface area contributed by atoms with Gasteiger partial charge in [0.25, 0.3) is 0 Å². The van der Waals surface area contributed by atoms with Crippen molar-refractivity contribution < 1.29 is 4.74 Å². The molecular weight excluding hydrogens is 112 g/mol. The standard InChI is InChI=1S/C6H12O.2CH4/c1-5(2)6(3,4)7-5;;/h1-4H3;2*1H4. The van der Waals surface area contributed by atoms with Crippen molar-refractivity contribution in [2.45, 2.75) is 53.8 Å². The van der Waals surface area contributed by atoms with Gasteiger partial charge in [-0.25, -0.2) is 0 Å². The number of ether oxygens (including phenoxy) is 1. The van der Waals surface area contributed by atoms with Crippen molar-refractivity contribution in [3.05, 3.63) is 0 Å². The molecule has 0 aromatic carbocycles. The number of hydrogen-bond donors (Lipinski definition) is 0. The van der Waals surface area contributed by atoms with Crippen LogP contribution in [0.4, 0.5) is 0 Å². The fourth-order valence-corrected chi connectivity index (χ4v) is 0.612. The van der Waals surface area contributed by atoms with Crippen LogP contribution in [-0.4, -0.2) is 11.2 Å². The van der Waals surface area contributed by atoms with Gasteiger partial charge in [0.15, 0.2) is 0 Å². The molecule has 0 radical (unpaired) electrons. The Kier molecular flexibility index (Phi) is 2.99. The lowest BCUT2D eigenvalue weighted by molar-refractivity contribution is 0.296. The first-order valence-electron chi connectivity index (χ1n) is 2.66. The Hall–Kier alpha value is -0.0400. The second-order valence-corrected chi connectivity index (χ2v) is 3.12. The molecule has 1 nitrogen and oxygen atoms in total. The molecule has 0 atom stereocenters. The van der Waals surface area contributed by atoms with Crippen LogP contribution < -0.4 is 0 Å². The van der Waals surface area contributed by atoms with Gasteiger partial charge in [-0.15, -0.1) is 0 Å². The number of epoxide rings is 1. The van der Waals surface area contributed by atoms with Gasteiger partial charge in [-0.2, -0.15) is 0 Å². The van der Waals surface area contributed by atoms with Crippen LogP contribution in [0.15, 0.2) is 0 Å². The van der Waals surface area contributed by atoms with E-state index in [1.54, 1.807) is 0 Å². The minimum absolute atomic E-state index is 0. The molecule has 1 aliphatic rings. The van der Waals surface area contributed by atoms with Crippen molar-refractivity contribution in [1.29, 1.82) is 0 Å². The summed E-state index contributed by atoms with van der Waals surface area (Å²) in [5.74, 6) is 0. The average molecular weight is 132 g/mol. The second-order valence-electron chi connectivity index (χ2n) is 3.12. The summed E-state index contributed by atoms with van der Waals surface area (Å²) >= 11 is 0. The van der Waals surface area contributed by atoms with Crippen molar-refractivity contribution >= 4 is 0 Å². The molecular formula is C8H20O. The summed E-state index contributed by atoms with van der Waals surface area (Å²) < 4.78 is 5.29. The van der Waals surface area contributed by atoms with Gasteiger partial charge in [0, 0.05) is 0 Å². The van der Waals surface area contributed by atoms with E-state index in [1.807, 2.05) is 0 Å². The van der Waals surface area contributed by atoms with E-state index in [2.05, 4.69) is 27.7 Å². The van der Waals surface area contributed by atoms with E-state index in [-0.39, 0.29) is 26.1 Å². The molecule has 1 rings (SSSR count). The van der Waals surface area contributed by atoms with E-state index < -0.39 is 0 Å². The molecule has 1 heterocycles. The minimum Gasteiger partial charge on any atom is -0.364 e. The molecule has 0 aromatic rings. The van der Waals surface area contributed by atoms with E-state index in [0.29, 0.717) is 0 Å². The molecule has 0 aliphatic carbocycles. The largest absolute Gasteiger partial charge is 0.364 e. The van der Waals surface area contributed by atoms with Crippen molar-refractivity contribution in [2.24, 2.45) is 0 Å². The van der Waals surface area contributed by atoms with Crippen LogP contribution in [-0.2, 0) is 4.74 Å². The number of hydrogen-bond acceptors (Lipinski definition) is 1. The van der Waals surface area contributed by atoms with Crippen LogP contribution in [0.3, 0.4) is 0 Å². The molecule has 1 saturated heterocycles. The minimum atomic E-state index is 0. The summed E-state index contributed by atoms with van der Waals surface area (Å²) in [4.78, 5) is 0. The van der Waals surface area contributed by atoms with Crippen LogP contribution >= 0.6 is 0 Å². The summed E-state index contributed by atoms with van der Waals surface area (Å²) in [6.07, 6.45) is 0. The summed E-state index contributed by atoms with van der Waals surface area (Å²) in [7, 11) is 0. The highest BCUT2D eigenvalue weighted by Gasteiger charge is 2.55. The second kappa shape index (κ2) is 2.30. The van der Waals surface area contributed by atoms with Crippen molar-refractivity contribution in [3.63, 3.8) is 0 Å². The molecule has 0 unspecified atom stereocenters. The Balaban J connectivity index is 0. The quantitative estimate of drug-likeness (QED) is 0.462. The lowest BCUT2D eigenvalue weighted by Crippen LogP contribution is -2.10. The third-order valence-corrected chi connectivity index (χ3v) is 1.92. The number of rotatable bonds is 0. The molecule has 1 fully saturated rings. The Bertz CT molecular complexity index is 80.7. The van der Waals surface area contributed by atoms with E-state index in [4.69, 9.17) is 4.74 Å². The van der Waals surface area contributed by atoms with Crippen LogP contribution in [0.25, 0.3) is 0 Å². The Labute approximate surface area is 59.4 Å². The van der Waals surface area contributed by atoms with Gasteiger partial charge >= 0.3 is 0 Å². The molecule has 1 aliphatic heterocycles. The maximum atomic E-state index is 5.29. The molecule has 1 heteroatoms. The lowest BCUT2D eigenvalue weighted by Gasteiger charge is -1.95. The highest BCUT2D eigenvalue weighted by Crippen LogP contribution is 2.46. The summed E-state index contributed by atoms with van der Waals surface area (Å²) in [6, 6.07) is 0. The molecule has 0 bridgehead atoms. The van der Waals surface area contributed by atoms with Gasteiger partial charge in [-0.3, -0.25) is 0 Å². The first kappa shape index (κ1) is 11.7. The fraction of sp³-hybridized carbons (Fsp3) is 1.00. The van der Waals surface area contributed by atoms with E-state index in [1.165, 1.54) is 0 Å². The predicted molar refractivity (Wildman–Crippen MR) is 42.7 cm³/mol. The zero-order valence-electron chi connectivity index (χ0n) is 5.41. The monoisotopic (exact) mass is 132 g/mol. The Morgan fingerprint density at radius 1 is 0.778 bits per heavy atom. The Morgan fingerprint density at radius 2 is 0.889 bits per heavy atom. The SMILES string of the molecule is C.C.CC1(C)OC1(C)C. The first-order valence-corrected chi connectivity index (χ1v) is 2.66. The average Bonchev–Trinajstić information content (AvgIpc) is 1.63. The van der Waals surface area contributed by atoms with Gasteiger partial charge in [0.2, 0.25) is 0 Å². The van der Waals surface area contributed by atoms with Gasteiger partial charge in [0.05, 0.1) is 11.2 Å². The van der Waals surface area contributed by atoms with E-state index in [0.717, 1.165) is 0 Å². The molecule has 0 N–H and O–H groups in total. The zero-order valence-corrected chi connectivity index (χ0v) is 5.41. The fourth-order valence-electron chi connectivity index (χ4n) is 0.612. The summed E-state index contributed by atoms with van der Waals surface area (Å²) in [5, 5.41) is 0. The van der Waals surface area contributed by atoms with Crippen molar-refractivity contribution in [2.75, 3.05) is 0 Å². The van der Waals surface area contributed by atoms with E-state index >= 15 is 0 Å². The van der Waals surface area contributed by atoms with Gasteiger partial charge in [0.1, 0.15) is 0 Å². The van der Waals surface area contributed by atoms with Crippen LogP contribution in [0.5, 0.6) is 0 Å². The molecule has 0 saturated carbocycles. The predicted octanol–water partition coefficient (Wildman–Crippen LogP) is 2.85. The lowest BCUT2D eigenvalue weighted by atomic mass is 10.0.